The van der Waals surface area contributed by atoms with E-state index in [1.54, 1.807) is 12.3 Å². The third-order valence-corrected chi connectivity index (χ3v) is 4.86. The molecule has 1 amide bonds. The fourth-order valence-corrected chi connectivity index (χ4v) is 3.74. The molecule has 0 N–H and O–H groups in total. The molecule has 1 saturated carbocycles. The van der Waals surface area contributed by atoms with Crippen molar-refractivity contribution < 1.29 is 9.59 Å². The Labute approximate surface area is 125 Å². The lowest BCUT2D eigenvalue weighted by atomic mass is 9.81. The SMILES string of the molecule is Cc1ncccc1C(=O)N1CCCC1C1CCCCC1=O. The lowest BCUT2D eigenvalue weighted by Gasteiger charge is -2.33. The molecule has 2 fully saturated rings. The first-order valence-electron chi connectivity index (χ1n) is 7.94. The number of hydrogen-bond donors (Lipinski definition) is 0. The van der Waals surface area contributed by atoms with Gasteiger partial charge in [-0.2, -0.15) is 0 Å². The van der Waals surface area contributed by atoms with E-state index in [2.05, 4.69) is 4.98 Å². The standard InChI is InChI=1S/C17H22N2O2/c1-12-13(7-4-10-18-12)17(21)19-11-5-8-15(19)14-6-2-3-9-16(14)20/h4,7,10,14-15H,2-3,5-6,8-9,11H2,1H3. The zero-order chi connectivity index (χ0) is 14.8. The predicted octanol–water partition coefficient (Wildman–Crippen LogP) is 2.75. The van der Waals surface area contributed by atoms with Gasteiger partial charge in [0.15, 0.2) is 0 Å². The molecule has 1 aliphatic heterocycles. The Morgan fingerprint density at radius 3 is 2.90 bits per heavy atom. The lowest BCUT2D eigenvalue weighted by molar-refractivity contribution is -0.126. The number of aryl methyl sites for hydroxylation is 1. The summed E-state index contributed by atoms with van der Waals surface area (Å²) in [7, 11) is 0. The van der Waals surface area contributed by atoms with E-state index in [-0.39, 0.29) is 17.9 Å². The molecule has 0 spiro atoms. The molecule has 4 heteroatoms. The maximum absolute atomic E-state index is 12.8. The number of aromatic nitrogens is 1. The van der Waals surface area contributed by atoms with Crippen LogP contribution in [-0.4, -0.2) is 34.2 Å². The van der Waals surface area contributed by atoms with Gasteiger partial charge in [-0.15, -0.1) is 0 Å². The van der Waals surface area contributed by atoms with Crippen LogP contribution < -0.4 is 0 Å². The molecule has 1 saturated heterocycles. The molecule has 1 aliphatic carbocycles. The van der Waals surface area contributed by atoms with Crippen LogP contribution >= 0.6 is 0 Å². The Morgan fingerprint density at radius 1 is 1.29 bits per heavy atom. The number of Topliss-reactive ketones (excluding diaryl/α,β-unsaturated/α-hetero) is 1. The highest BCUT2D eigenvalue weighted by atomic mass is 16.2. The zero-order valence-electron chi connectivity index (χ0n) is 12.5. The van der Waals surface area contributed by atoms with E-state index in [4.69, 9.17) is 0 Å². The Hall–Kier alpha value is -1.71. The third kappa shape index (κ3) is 2.71. The van der Waals surface area contributed by atoms with Gasteiger partial charge in [-0.25, -0.2) is 0 Å². The van der Waals surface area contributed by atoms with E-state index in [9.17, 15) is 9.59 Å². The molecule has 2 heterocycles. The van der Waals surface area contributed by atoms with Gasteiger partial charge in [0.05, 0.1) is 5.56 Å². The number of hydrogen-bond acceptors (Lipinski definition) is 3. The van der Waals surface area contributed by atoms with Crippen LogP contribution in [0.2, 0.25) is 0 Å². The molecular weight excluding hydrogens is 264 g/mol. The molecule has 1 aromatic heterocycles. The number of amides is 1. The highest BCUT2D eigenvalue weighted by Gasteiger charge is 2.39. The summed E-state index contributed by atoms with van der Waals surface area (Å²) in [6.07, 6.45) is 7.42. The summed E-state index contributed by atoms with van der Waals surface area (Å²) in [4.78, 5) is 31.1. The van der Waals surface area contributed by atoms with Crippen molar-refractivity contribution in [2.75, 3.05) is 6.54 Å². The average Bonchev–Trinajstić information content (AvgIpc) is 2.97. The number of ketones is 1. The molecule has 2 aliphatic rings. The minimum Gasteiger partial charge on any atom is -0.335 e. The van der Waals surface area contributed by atoms with Gasteiger partial charge in [0.1, 0.15) is 5.78 Å². The summed E-state index contributed by atoms with van der Waals surface area (Å²) < 4.78 is 0. The fourth-order valence-electron chi connectivity index (χ4n) is 3.74. The van der Waals surface area contributed by atoms with Crippen LogP contribution in [0, 0.1) is 12.8 Å². The molecule has 2 unspecified atom stereocenters. The molecule has 112 valence electrons. The normalized spacial score (nSPS) is 26.1. The van der Waals surface area contributed by atoms with Crippen LogP contribution in [0.3, 0.4) is 0 Å². The third-order valence-electron chi connectivity index (χ3n) is 4.86. The van der Waals surface area contributed by atoms with Crippen molar-refractivity contribution in [3.63, 3.8) is 0 Å². The van der Waals surface area contributed by atoms with E-state index in [0.717, 1.165) is 44.3 Å². The second-order valence-corrected chi connectivity index (χ2v) is 6.16. The average molecular weight is 286 g/mol. The second-order valence-electron chi connectivity index (χ2n) is 6.16. The van der Waals surface area contributed by atoms with E-state index < -0.39 is 0 Å². The van der Waals surface area contributed by atoms with Crippen molar-refractivity contribution in [2.24, 2.45) is 5.92 Å². The van der Waals surface area contributed by atoms with Gasteiger partial charge >= 0.3 is 0 Å². The molecule has 21 heavy (non-hydrogen) atoms. The van der Waals surface area contributed by atoms with Gasteiger partial charge in [0, 0.05) is 36.8 Å². The first kappa shape index (κ1) is 14.2. The van der Waals surface area contributed by atoms with Gasteiger partial charge in [0.2, 0.25) is 0 Å². The number of likely N-dealkylation sites (tertiary alicyclic amines) is 1. The van der Waals surface area contributed by atoms with E-state index in [0.29, 0.717) is 17.8 Å². The summed E-state index contributed by atoms with van der Waals surface area (Å²) in [6, 6.07) is 3.74. The summed E-state index contributed by atoms with van der Waals surface area (Å²) in [5.41, 5.74) is 1.44. The van der Waals surface area contributed by atoms with Crippen LogP contribution in [0.1, 0.15) is 54.6 Å². The number of pyridine rings is 1. The predicted molar refractivity (Wildman–Crippen MR) is 80.0 cm³/mol. The minimum atomic E-state index is 0.0430. The van der Waals surface area contributed by atoms with E-state index >= 15 is 0 Å². The Morgan fingerprint density at radius 2 is 2.14 bits per heavy atom. The summed E-state index contributed by atoms with van der Waals surface area (Å²) >= 11 is 0. The molecule has 3 rings (SSSR count). The molecule has 2 atom stereocenters. The summed E-state index contributed by atoms with van der Waals surface area (Å²) in [6.45, 7) is 2.63. The van der Waals surface area contributed by atoms with Crippen LogP contribution in [-0.2, 0) is 4.79 Å². The Balaban J connectivity index is 1.82. The minimum absolute atomic E-state index is 0.0430. The van der Waals surface area contributed by atoms with Gasteiger partial charge < -0.3 is 4.90 Å². The van der Waals surface area contributed by atoms with Crippen molar-refractivity contribution in [1.29, 1.82) is 0 Å². The Bertz CT molecular complexity index is 555. The molecular formula is C17H22N2O2. The number of carbonyl (C=O) groups excluding carboxylic acids is 2. The first-order chi connectivity index (χ1) is 10.2. The van der Waals surface area contributed by atoms with Crippen molar-refractivity contribution in [3.8, 4) is 0 Å². The number of nitrogens with zero attached hydrogens (tertiary/aromatic N) is 2. The topological polar surface area (TPSA) is 50.3 Å². The molecule has 0 radical (unpaired) electrons. The number of rotatable bonds is 2. The zero-order valence-corrected chi connectivity index (χ0v) is 12.5. The van der Waals surface area contributed by atoms with Gasteiger partial charge in [-0.05, 0) is 44.7 Å². The fraction of sp³-hybridized carbons (Fsp3) is 0.588. The molecule has 4 nitrogen and oxygen atoms in total. The molecule has 0 bridgehead atoms. The smallest absolute Gasteiger partial charge is 0.255 e. The van der Waals surface area contributed by atoms with E-state index in [1.165, 1.54) is 0 Å². The summed E-state index contributed by atoms with van der Waals surface area (Å²) in [5, 5.41) is 0. The monoisotopic (exact) mass is 286 g/mol. The second kappa shape index (κ2) is 5.96. The Kier molecular flexibility index (Phi) is 4.04. The lowest BCUT2D eigenvalue weighted by Crippen LogP contribution is -2.44. The van der Waals surface area contributed by atoms with Gasteiger partial charge in [0.25, 0.3) is 5.91 Å². The molecule has 1 aromatic rings. The van der Waals surface area contributed by atoms with Crippen molar-refractivity contribution in [3.05, 3.63) is 29.6 Å². The van der Waals surface area contributed by atoms with Crippen LogP contribution in [0.15, 0.2) is 18.3 Å². The van der Waals surface area contributed by atoms with Crippen molar-refractivity contribution >= 4 is 11.7 Å². The van der Waals surface area contributed by atoms with Crippen LogP contribution in [0.25, 0.3) is 0 Å². The highest BCUT2D eigenvalue weighted by molar-refractivity contribution is 5.96. The van der Waals surface area contributed by atoms with Crippen LogP contribution in [0.5, 0.6) is 0 Å². The van der Waals surface area contributed by atoms with Crippen molar-refractivity contribution in [1.82, 2.24) is 9.88 Å². The quantitative estimate of drug-likeness (QED) is 0.840. The maximum atomic E-state index is 12.8. The van der Waals surface area contributed by atoms with Crippen molar-refractivity contribution in [2.45, 2.75) is 51.5 Å². The number of carbonyl (C=O) groups is 2. The highest BCUT2D eigenvalue weighted by Crippen LogP contribution is 2.33. The molecule has 0 aromatic carbocycles. The van der Waals surface area contributed by atoms with E-state index in [1.807, 2.05) is 17.9 Å². The largest absolute Gasteiger partial charge is 0.335 e. The van der Waals surface area contributed by atoms with Gasteiger partial charge in [-0.3, -0.25) is 14.6 Å². The van der Waals surface area contributed by atoms with Gasteiger partial charge in [-0.1, -0.05) is 6.42 Å². The van der Waals surface area contributed by atoms with Crippen LogP contribution in [0.4, 0.5) is 0 Å². The maximum Gasteiger partial charge on any atom is 0.255 e. The first-order valence-corrected chi connectivity index (χ1v) is 7.94. The summed E-state index contributed by atoms with van der Waals surface area (Å²) in [5.74, 6) is 0.456.